The van der Waals surface area contributed by atoms with Crippen molar-refractivity contribution in [3.63, 3.8) is 0 Å². The maximum absolute atomic E-state index is 12.2. The fraction of sp³-hybridized carbons (Fsp3) is 0.222. The van der Waals surface area contributed by atoms with E-state index in [9.17, 15) is 9.59 Å². The Morgan fingerprint density at radius 3 is 2.14 bits per heavy atom. The second kappa shape index (κ2) is 6.89. The number of carbonyl (C=O) groups is 2. The van der Waals surface area contributed by atoms with Gasteiger partial charge in [0.15, 0.2) is 0 Å². The Morgan fingerprint density at radius 2 is 1.59 bits per heavy atom. The van der Waals surface area contributed by atoms with Crippen LogP contribution in [0.5, 0.6) is 0 Å². The fourth-order valence-electron chi connectivity index (χ4n) is 2.43. The van der Waals surface area contributed by atoms with Crippen molar-refractivity contribution in [2.75, 3.05) is 0 Å². The van der Waals surface area contributed by atoms with Gasteiger partial charge in [-0.25, -0.2) is 0 Å². The zero-order valence-corrected chi connectivity index (χ0v) is 12.8. The first-order valence-electron chi connectivity index (χ1n) is 7.19. The van der Waals surface area contributed by atoms with E-state index < -0.39 is 11.9 Å². The number of hydrogen-bond donors (Lipinski definition) is 2. The Balaban J connectivity index is 2.18. The van der Waals surface area contributed by atoms with Crippen molar-refractivity contribution in [3.05, 3.63) is 70.8 Å². The number of primary amides is 1. The van der Waals surface area contributed by atoms with Gasteiger partial charge in [0.05, 0.1) is 0 Å². The van der Waals surface area contributed by atoms with Crippen LogP contribution in [0.25, 0.3) is 0 Å². The summed E-state index contributed by atoms with van der Waals surface area (Å²) in [7, 11) is 0. The summed E-state index contributed by atoms with van der Waals surface area (Å²) >= 11 is 0. The lowest BCUT2D eigenvalue weighted by atomic mass is 9.96. The van der Waals surface area contributed by atoms with Gasteiger partial charge in [0.1, 0.15) is 6.04 Å². The van der Waals surface area contributed by atoms with E-state index in [0.717, 1.165) is 16.7 Å². The van der Waals surface area contributed by atoms with Crippen LogP contribution in [0.15, 0.2) is 48.5 Å². The molecule has 2 amide bonds. The fourth-order valence-corrected chi connectivity index (χ4v) is 2.43. The quantitative estimate of drug-likeness (QED) is 0.887. The Hall–Kier alpha value is -2.62. The summed E-state index contributed by atoms with van der Waals surface area (Å²) in [5.41, 5.74) is 9.18. The number of amides is 2. The molecule has 0 aliphatic heterocycles. The van der Waals surface area contributed by atoms with Gasteiger partial charge in [0.2, 0.25) is 5.91 Å². The van der Waals surface area contributed by atoms with Crippen molar-refractivity contribution in [1.29, 1.82) is 0 Å². The van der Waals surface area contributed by atoms with E-state index in [1.807, 2.05) is 38.1 Å². The van der Waals surface area contributed by atoms with Crippen LogP contribution in [0, 0.1) is 13.8 Å². The summed E-state index contributed by atoms with van der Waals surface area (Å²) in [6.45, 7) is 3.97. The van der Waals surface area contributed by atoms with Crippen LogP contribution in [0.1, 0.15) is 27.0 Å². The molecule has 2 aromatic rings. The molecule has 0 saturated heterocycles. The first-order chi connectivity index (χ1) is 10.5. The number of nitrogens with two attached hydrogens (primary N) is 1. The zero-order valence-electron chi connectivity index (χ0n) is 12.8. The predicted molar refractivity (Wildman–Crippen MR) is 86.5 cm³/mol. The number of carbonyl (C=O) groups excluding carboxylic acids is 2. The molecular formula is C18H20N2O2. The molecule has 0 aliphatic carbocycles. The summed E-state index contributed by atoms with van der Waals surface area (Å²) in [4.78, 5) is 23.9. The standard InChI is InChI=1S/C18H20N2O2/c1-12-7-6-8-13(2)15(12)11-16(17(19)21)20-18(22)14-9-4-3-5-10-14/h3-10,16H,11H2,1-2H3,(H2,19,21)(H,20,22)/t16-/m1/s1. The van der Waals surface area contributed by atoms with Crippen molar-refractivity contribution in [1.82, 2.24) is 5.32 Å². The molecule has 0 spiro atoms. The van der Waals surface area contributed by atoms with E-state index in [1.165, 1.54) is 0 Å². The van der Waals surface area contributed by atoms with Crippen molar-refractivity contribution in [2.45, 2.75) is 26.3 Å². The third-order valence-electron chi connectivity index (χ3n) is 3.74. The van der Waals surface area contributed by atoms with E-state index in [-0.39, 0.29) is 5.91 Å². The van der Waals surface area contributed by atoms with Crippen LogP contribution in [0.4, 0.5) is 0 Å². The number of benzene rings is 2. The van der Waals surface area contributed by atoms with Gasteiger partial charge in [-0.1, -0.05) is 36.4 Å². The Morgan fingerprint density at radius 1 is 1.00 bits per heavy atom. The van der Waals surface area contributed by atoms with Gasteiger partial charge in [-0.05, 0) is 42.7 Å². The van der Waals surface area contributed by atoms with Gasteiger partial charge in [-0.2, -0.15) is 0 Å². The highest BCUT2D eigenvalue weighted by Crippen LogP contribution is 2.15. The zero-order chi connectivity index (χ0) is 16.1. The Bertz CT molecular complexity index is 660. The van der Waals surface area contributed by atoms with Gasteiger partial charge < -0.3 is 11.1 Å². The third-order valence-corrected chi connectivity index (χ3v) is 3.74. The molecule has 0 heterocycles. The molecular weight excluding hydrogens is 276 g/mol. The summed E-state index contributed by atoms with van der Waals surface area (Å²) < 4.78 is 0. The number of nitrogens with one attached hydrogen (secondary N) is 1. The van der Waals surface area contributed by atoms with E-state index in [4.69, 9.17) is 5.73 Å². The molecule has 0 aliphatic rings. The molecule has 2 aromatic carbocycles. The van der Waals surface area contributed by atoms with Crippen molar-refractivity contribution in [3.8, 4) is 0 Å². The third kappa shape index (κ3) is 3.73. The van der Waals surface area contributed by atoms with Crippen molar-refractivity contribution in [2.24, 2.45) is 5.73 Å². The Labute approximate surface area is 130 Å². The van der Waals surface area contributed by atoms with Crippen LogP contribution < -0.4 is 11.1 Å². The lowest BCUT2D eigenvalue weighted by Crippen LogP contribution is -2.46. The minimum atomic E-state index is -0.729. The van der Waals surface area contributed by atoms with Crippen molar-refractivity contribution >= 4 is 11.8 Å². The van der Waals surface area contributed by atoms with Crippen LogP contribution in [-0.4, -0.2) is 17.9 Å². The van der Waals surface area contributed by atoms with Gasteiger partial charge >= 0.3 is 0 Å². The van der Waals surface area contributed by atoms with E-state index >= 15 is 0 Å². The molecule has 0 saturated carbocycles. The Kier molecular flexibility index (Phi) is 4.94. The van der Waals surface area contributed by atoms with E-state index in [2.05, 4.69) is 5.32 Å². The normalized spacial score (nSPS) is 11.7. The molecule has 114 valence electrons. The van der Waals surface area contributed by atoms with Gasteiger partial charge in [0.25, 0.3) is 5.91 Å². The molecule has 2 rings (SSSR count). The lowest BCUT2D eigenvalue weighted by molar-refractivity contribution is -0.119. The van der Waals surface area contributed by atoms with E-state index in [1.54, 1.807) is 24.3 Å². The summed E-state index contributed by atoms with van der Waals surface area (Å²) in [6, 6.07) is 14.0. The van der Waals surface area contributed by atoms with Gasteiger partial charge in [0, 0.05) is 12.0 Å². The smallest absolute Gasteiger partial charge is 0.251 e. The minimum absolute atomic E-state index is 0.296. The number of rotatable bonds is 5. The highest BCUT2D eigenvalue weighted by molar-refractivity contribution is 5.97. The first-order valence-corrected chi connectivity index (χ1v) is 7.19. The largest absolute Gasteiger partial charge is 0.368 e. The highest BCUT2D eigenvalue weighted by atomic mass is 16.2. The SMILES string of the molecule is Cc1cccc(C)c1C[C@@H](NC(=O)c1ccccc1)C(N)=O. The average Bonchev–Trinajstić information content (AvgIpc) is 2.50. The summed E-state index contributed by atoms with van der Waals surface area (Å²) in [5, 5.41) is 2.72. The van der Waals surface area contributed by atoms with Crippen LogP contribution in [-0.2, 0) is 11.2 Å². The maximum atomic E-state index is 12.2. The van der Waals surface area contributed by atoms with Gasteiger partial charge in [-0.3, -0.25) is 9.59 Å². The first kappa shape index (κ1) is 15.8. The highest BCUT2D eigenvalue weighted by Gasteiger charge is 2.20. The summed E-state index contributed by atoms with van der Waals surface area (Å²) in [6.07, 6.45) is 0.395. The van der Waals surface area contributed by atoms with Crippen LogP contribution in [0.2, 0.25) is 0 Å². The lowest BCUT2D eigenvalue weighted by Gasteiger charge is -2.18. The molecule has 0 unspecified atom stereocenters. The van der Waals surface area contributed by atoms with E-state index in [0.29, 0.717) is 12.0 Å². The minimum Gasteiger partial charge on any atom is -0.368 e. The van der Waals surface area contributed by atoms with Crippen molar-refractivity contribution < 1.29 is 9.59 Å². The number of hydrogen-bond acceptors (Lipinski definition) is 2. The topological polar surface area (TPSA) is 72.2 Å². The number of aryl methyl sites for hydroxylation is 2. The predicted octanol–water partition coefficient (Wildman–Crippen LogP) is 2.13. The average molecular weight is 296 g/mol. The molecule has 4 nitrogen and oxygen atoms in total. The maximum Gasteiger partial charge on any atom is 0.251 e. The molecule has 22 heavy (non-hydrogen) atoms. The molecule has 1 atom stereocenters. The molecule has 0 fully saturated rings. The molecule has 4 heteroatoms. The van der Waals surface area contributed by atoms with Crippen LogP contribution in [0.3, 0.4) is 0 Å². The molecule has 0 radical (unpaired) electrons. The molecule has 3 N–H and O–H groups in total. The second-order valence-corrected chi connectivity index (χ2v) is 5.37. The monoisotopic (exact) mass is 296 g/mol. The second-order valence-electron chi connectivity index (χ2n) is 5.37. The summed E-state index contributed by atoms with van der Waals surface area (Å²) in [5.74, 6) is -0.831. The molecule has 0 aromatic heterocycles. The van der Waals surface area contributed by atoms with Crippen LogP contribution >= 0.6 is 0 Å². The van der Waals surface area contributed by atoms with Gasteiger partial charge in [-0.15, -0.1) is 0 Å². The molecule has 0 bridgehead atoms.